The number of hydrogen-bond donors (Lipinski definition) is 0. The van der Waals surface area contributed by atoms with Gasteiger partial charge in [-0.3, -0.25) is 4.79 Å². The van der Waals surface area contributed by atoms with E-state index in [0.717, 1.165) is 24.4 Å². The van der Waals surface area contributed by atoms with Crippen molar-refractivity contribution in [3.8, 4) is 5.75 Å². The first-order valence-electron chi connectivity index (χ1n) is 5.96. The molecule has 1 aromatic carbocycles. The van der Waals surface area contributed by atoms with Crippen LogP contribution in [0.2, 0.25) is 0 Å². The Hall–Kier alpha value is -1.51. The lowest BCUT2D eigenvalue weighted by molar-refractivity contribution is -0.116. The Morgan fingerprint density at radius 2 is 2.12 bits per heavy atom. The van der Waals surface area contributed by atoms with E-state index in [-0.39, 0.29) is 5.91 Å². The predicted molar refractivity (Wildman–Crippen MR) is 70.5 cm³/mol. The van der Waals surface area contributed by atoms with Gasteiger partial charge in [0.15, 0.2) is 0 Å². The van der Waals surface area contributed by atoms with Crippen LogP contribution >= 0.6 is 0 Å². The van der Waals surface area contributed by atoms with Gasteiger partial charge in [0.1, 0.15) is 5.75 Å². The van der Waals surface area contributed by atoms with E-state index in [9.17, 15) is 4.79 Å². The second-order valence-corrected chi connectivity index (χ2v) is 4.55. The Morgan fingerprint density at radius 3 is 2.65 bits per heavy atom. The first kappa shape index (κ1) is 13.6. The van der Waals surface area contributed by atoms with Crippen molar-refractivity contribution < 1.29 is 9.53 Å². The van der Waals surface area contributed by atoms with Crippen LogP contribution in [0.5, 0.6) is 5.75 Å². The number of benzene rings is 1. The van der Waals surface area contributed by atoms with Crippen molar-refractivity contribution in [2.75, 3.05) is 18.6 Å². The molecule has 0 radical (unpaired) electrons. The van der Waals surface area contributed by atoms with Crippen molar-refractivity contribution in [1.29, 1.82) is 0 Å². The largest absolute Gasteiger partial charge is 0.497 e. The van der Waals surface area contributed by atoms with E-state index in [2.05, 4.69) is 13.8 Å². The molecule has 0 unspecified atom stereocenters. The Morgan fingerprint density at radius 1 is 1.41 bits per heavy atom. The van der Waals surface area contributed by atoms with Crippen molar-refractivity contribution >= 4 is 11.6 Å². The normalized spacial score (nSPS) is 10.4. The average Bonchev–Trinajstić information content (AvgIpc) is 2.28. The lowest BCUT2D eigenvalue weighted by Gasteiger charge is -2.22. The molecule has 1 rings (SSSR count). The van der Waals surface area contributed by atoms with E-state index in [0.29, 0.717) is 5.92 Å². The number of rotatable bonds is 5. The fourth-order valence-corrected chi connectivity index (χ4v) is 1.63. The highest BCUT2D eigenvalue weighted by Gasteiger charge is 2.12. The highest BCUT2D eigenvalue weighted by atomic mass is 16.5. The minimum atomic E-state index is 0.0684. The molecular weight excluding hydrogens is 214 g/mol. The molecule has 0 spiro atoms. The van der Waals surface area contributed by atoms with Gasteiger partial charge in [-0.25, -0.2) is 0 Å². The Bertz CT molecular complexity index is 374. The summed E-state index contributed by atoms with van der Waals surface area (Å²) in [5, 5.41) is 0. The molecular formula is C14H21NO2. The molecule has 3 heteroatoms. The molecule has 17 heavy (non-hydrogen) atoms. The number of amides is 1. The smallest absolute Gasteiger partial charge is 0.223 e. The lowest BCUT2D eigenvalue weighted by atomic mass is 10.1. The number of carbonyl (C=O) groups is 1. The van der Waals surface area contributed by atoms with Crippen LogP contribution in [0, 0.1) is 5.92 Å². The number of anilines is 1. The number of carbonyl (C=O) groups excluding carboxylic acids is 1. The standard InChI is InChI=1S/C14H21NO2/c1-11(2)8-9-15(12(3)16)13-6-5-7-14(10-13)17-4/h5-7,10-11H,8-9H2,1-4H3. The SMILES string of the molecule is COc1cccc(N(CCC(C)C)C(C)=O)c1. The summed E-state index contributed by atoms with van der Waals surface area (Å²) in [4.78, 5) is 13.4. The van der Waals surface area contributed by atoms with Crippen LogP contribution in [0.1, 0.15) is 27.2 Å². The van der Waals surface area contributed by atoms with Gasteiger partial charge >= 0.3 is 0 Å². The van der Waals surface area contributed by atoms with Gasteiger partial charge < -0.3 is 9.64 Å². The van der Waals surface area contributed by atoms with Crippen molar-refractivity contribution in [3.05, 3.63) is 24.3 Å². The fraction of sp³-hybridized carbons (Fsp3) is 0.500. The number of hydrogen-bond acceptors (Lipinski definition) is 2. The van der Waals surface area contributed by atoms with E-state index in [1.807, 2.05) is 24.3 Å². The average molecular weight is 235 g/mol. The second kappa shape index (κ2) is 6.28. The van der Waals surface area contributed by atoms with Crippen LogP contribution in [0.4, 0.5) is 5.69 Å². The molecule has 1 aromatic rings. The molecule has 0 atom stereocenters. The Labute approximate surface area is 103 Å². The summed E-state index contributed by atoms with van der Waals surface area (Å²) in [5.74, 6) is 1.43. The number of methoxy groups -OCH3 is 1. The maximum Gasteiger partial charge on any atom is 0.223 e. The zero-order chi connectivity index (χ0) is 12.8. The maximum absolute atomic E-state index is 11.6. The molecule has 94 valence electrons. The third-order valence-corrected chi connectivity index (χ3v) is 2.68. The predicted octanol–water partition coefficient (Wildman–Crippen LogP) is 3.09. The Kier molecular flexibility index (Phi) is 5.01. The summed E-state index contributed by atoms with van der Waals surface area (Å²) in [6.45, 7) is 6.66. The van der Waals surface area contributed by atoms with Gasteiger partial charge in [-0.15, -0.1) is 0 Å². The molecule has 0 aliphatic carbocycles. The van der Waals surface area contributed by atoms with Gasteiger partial charge in [0, 0.05) is 25.2 Å². The minimum absolute atomic E-state index is 0.0684. The van der Waals surface area contributed by atoms with Crippen molar-refractivity contribution in [2.24, 2.45) is 5.92 Å². The van der Waals surface area contributed by atoms with E-state index in [1.165, 1.54) is 0 Å². The van der Waals surface area contributed by atoms with E-state index >= 15 is 0 Å². The monoisotopic (exact) mass is 235 g/mol. The highest BCUT2D eigenvalue weighted by molar-refractivity contribution is 5.91. The molecule has 0 aromatic heterocycles. The van der Waals surface area contributed by atoms with Crippen LogP contribution in [-0.2, 0) is 4.79 Å². The quantitative estimate of drug-likeness (QED) is 0.785. The van der Waals surface area contributed by atoms with Crippen LogP contribution in [0.25, 0.3) is 0 Å². The topological polar surface area (TPSA) is 29.5 Å². The van der Waals surface area contributed by atoms with E-state index in [4.69, 9.17) is 4.74 Å². The van der Waals surface area contributed by atoms with E-state index < -0.39 is 0 Å². The molecule has 0 bridgehead atoms. The number of ether oxygens (including phenoxy) is 1. The van der Waals surface area contributed by atoms with Gasteiger partial charge in [-0.2, -0.15) is 0 Å². The van der Waals surface area contributed by atoms with Crippen molar-refractivity contribution in [3.63, 3.8) is 0 Å². The van der Waals surface area contributed by atoms with Crippen LogP contribution < -0.4 is 9.64 Å². The van der Waals surface area contributed by atoms with Gasteiger partial charge in [0.2, 0.25) is 5.91 Å². The van der Waals surface area contributed by atoms with Crippen LogP contribution in [-0.4, -0.2) is 19.6 Å². The molecule has 0 fully saturated rings. The zero-order valence-electron chi connectivity index (χ0n) is 11.1. The second-order valence-electron chi connectivity index (χ2n) is 4.55. The molecule has 0 saturated carbocycles. The molecule has 3 nitrogen and oxygen atoms in total. The maximum atomic E-state index is 11.6. The molecule has 0 saturated heterocycles. The van der Waals surface area contributed by atoms with Gasteiger partial charge in [0.05, 0.1) is 7.11 Å². The minimum Gasteiger partial charge on any atom is -0.497 e. The summed E-state index contributed by atoms with van der Waals surface area (Å²) < 4.78 is 5.17. The first-order valence-corrected chi connectivity index (χ1v) is 5.96. The van der Waals surface area contributed by atoms with Crippen molar-refractivity contribution in [2.45, 2.75) is 27.2 Å². The van der Waals surface area contributed by atoms with Gasteiger partial charge in [-0.05, 0) is 24.5 Å². The highest BCUT2D eigenvalue weighted by Crippen LogP contribution is 2.21. The Balaban J connectivity index is 2.85. The van der Waals surface area contributed by atoms with Crippen LogP contribution in [0.15, 0.2) is 24.3 Å². The molecule has 1 amide bonds. The summed E-state index contributed by atoms with van der Waals surface area (Å²) in [6.07, 6.45) is 0.997. The molecule has 0 aliphatic rings. The fourth-order valence-electron chi connectivity index (χ4n) is 1.63. The zero-order valence-corrected chi connectivity index (χ0v) is 11.1. The van der Waals surface area contributed by atoms with Gasteiger partial charge in [-0.1, -0.05) is 19.9 Å². The van der Waals surface area contributed by atoms with Crippen molar-refractivity contribution in [1.82, 2.24) is 0 Å². The summed E-state index contributed by atoms with van der Waals surface area (Å²) in [6, 6.07) is 7.61. The number of nitrogens with zero attached hydrogens (tertiary/aromatic N) is 1. The third kappa shape index (κ3) is 4.10. The summed E-state index contributed by atoms with van der Waals surface area (Å²) in [7, 11) is 1.63. The third-order valence-electron chi connectivity index (χ3n) is 2.68. The summed E-state index contributed by atoms with van der Waals surface area (Å²) >= 11 is 0. The first-order chi connectivity index (χ1) is 8.04. The summed E-state index contributed by atoms with van der Waals surface area (Å²) in [5.41, 5.74) is 0.900. The van der Waals surface area contributed by atoms with E-state index in [1.54, 1.807) is 18.9 Å². The lowest BCUT2D eigenvalue weighted by Crippen LogP contribution is -2.30. The van der Waals surface area contributed by atoms with Crippen LogP contribution in [0.3, 0.4) is 0 Å². The molecule has 0 aliphatic heterocycles. The molecule has 0 heterocycles. The van der Waals surface area contributed by atoms with Gasteiger partial charge in [0.25, 0.3) is 0 Å². The molecule has 0 N–H and O–H groups in total.